The maximum absolute atomic E-state index is 13.2. The summed E-state index contributed by atoms with van der Waals surface area (Å²) < 4.78 is 42.0. The minimum atomic E-state index is -3.82. The molecule has 0 unspecified atom stereocenters. The summed E-state index contributed by atoms with van der Waals surface area (Å²) >= 11 is 5.68. The van der Waals surface area contributed by atoms with E-state index in [1.807, 2.05) is 12.1 Å². The molecule has 0 atom stereocenters. The number of fused-ring (bicyclic) bond motifs is 1. The Morgan fingerprint density at radius 3 is 2.77 bits per heavy atom. The van der Waals surface area contributed by atoms with E-state index in [4.69, 9.17) is 11.6 Å². The van der Waals surface area contributed by atoms with Crippen LogP contribution < -0.4 is 14.3 Å². The van der Waals surface area contributed by atoms with Gasteiger partial charge < -0.3 is 5.32 Å². The van der Waals surface area contributed by atoms with Crippen LogP contribution in [0.5, 0.6) is 0 Å². The van der Waals surface area contributed by atoms with Crippen molar-refractivity contribution < 1.29 is 12.8 Å². The lowest BCUT2D eigenvalue weighted by Gasteiger charge is -2.31. The van der Waals surface area contributed by atoms with E-state index in [-0.39, 0.29) is 10.7 Å². The first kappa shape index (κ1) is 14.9. The third kappa shape index (κ3) is 2.82. The minimum Gasteiger partial charge on any atom is -0.382 e. The monoisotopic (exact) mass is 341 g/mol. The average molecular weight is 342 g/mol. The molecule has 8 heteroatoms. The molecule has 0 spiro atoms. The van der Waals surface area contributed by atoms with Crippen LogP contribution in [-0.2, 0) is 10.2 Å². The van der Waals surface area contributed by atoms with E-state index in [0.29, 0.717) is 18.8 Å². The Balaban J connectivity index is 1.92. The first-order chi connectivity index (χ1) is 10.5. The van der Waals surface area contributed by atoms with Gasteiger partial charge in [0, 0.05) is 6.54 Å². The van der Waals surface area contributed by atoms with Crippen LogP contribution >= 0.6 is 11.6 Å². The SMILES string of the molecule is O=S(=O)(Nc1ccc(F)c(Cl)c1)N1CCNc2ccccc21. The van der Waals surface area contributed by atoms with Crippen molar-refractivity contribution in [2.75, 3.05) is 27.4 Å². The number of rotatable bonds is 3. The third-order valence-corrected chi connectivity index (χ3v) is 5.00. The van der Waals surface area contributed by atoms with Crippen LogP contribution in [-0.4, -0.2) is 21.5 Å². The van der Waals surface area contributed by atoms with Crippen LogP contribution in [0.2, 0.25) is 5.02 Å². The Morgan fingerprint density at radius 1 is 1.23 bits per heavy atom. The summed E-state index contributed by atoms with van der Waals surface area (Å²) in [7, 11) is -3.82. The van der Waals surface area contributed by atoms with Crippen LogP contribution in [0.15, 0.2) is 42.5 Å². The highest BCUT2D eigenvalue weighted by Crippen LogP contribution is 2.31. The van der Waals surface area contributed by atoms with Gasteiger partial charge in [-0.1, -0.05) is 23.7 Å². The van der Waals surface area contributed by atoms with Gasteiger partial charge in [-0.15, -0.1) is 0 Å². The van der Waals surface area contributed by atoms with Crippen molar-refractivity contribution in [2.24, 2.45) is 0 Å². The summed E-state index contributed by atoms with van der Waals surface area (Å²) in [6, 6.07) is 10.8. The number of nitrogens with one attached hydrogen (secondary N) is 2. The molecule has 2 N–H and O–H groups in total. The summed E-state index contributed by atoms with van der Waals surface area (Å²) in [6.45, 7) is 0.795. The van der Waals surface area contributed by atoms with E-state index in [2.05, 4.69) is 10.0 Å². The van der Waals surface area contributed by atoms with Crippen LogP contribution in [0.3, 0.4) is 0 Å². The first-order valence-corrected chi connectivity index (χ1v) is 8.37. The Labute approximate surface area is 132 Å². The minimum absolute atomic E-state index is 0.138. The van der Waals surface area contributed by atoms with Crippen LogP contribution in [0.1, 0.15) is 0 Å². The largest absolute Gasteiger partial charge is 0.382 e. The molecule has 0 amide bonds. The molecule has 0 aromatic heterocycles. The van der Waals surface area contributed by atoms with Gasteiger partial charge in [0.25, 0.3) is 0 Å². The molecule has 116 valence electrons. The normalized spacial score (nSPS) is 14.2. The lowest BCUT2D eigenvalue weighted by molar-refractivity contribution is 0.595. The van der Waals surface area contributed by atoms with Gasteiger partial charge in [0.2, 0.25) is 0 Å². The van der Waals surface area contributed by atoms with Crippen molar-refractivity contribution in [1.82, 2.24) is 0 Å². The molecule has 0 saturated heterocycles. The molecule has 0 saturated carbocycles. The standard InChI is InChI=1S/C14H13ClFN3O2S/c15-11-9-10(5-6-12(11)16)18-22(20,21)19-8-7-17-13-3-1-2-4-14(13)19/h1-6,9,17-18H,7-8H2. The number of benzene rings is 2. The maximum Gasteiger partial charge on any atom is 0.324 e. The fourth-order valence-corrected chi connectivity index (χ4v) is 3.73. The quantitative estimate of drug-likeness (QED) is 0.902. The Kier molecular flexibility index (Phi) is 3.84. The molecular formula is C14H13ClFN3O2S. The van der Waals surface area contributed by atoms with Gasteiger partial charge in [0.15, 0.2) is 0 Å². The lowest BCUT2D eigenvalue weighted by Crippen LogP contribution is -2.42. The summed E-state index contributed by atoms with van der Waals surface area (Å²) in [5.74, 6) is -0.600. The number of hydrogen-bond donors (Lipinski definition) is 2. The highest BCUT2D eigenvalue weighted by molar-refractivity contribution is 7.94. The number of hydrogen-bond acceptors (Lipinski definition) is 3. The third-order valence-electron chi connectivity index (χ3n) is 3.26. The highest BCUT2D eigenvalue weighted by atomic mass is 35.5. The van der Waals surface area contributed by atoms with Crippen molar-refractivity contribution in [3.8, 4) is 0 Å². The molecule has 0 radical (unpaired) electrons. The molecule has 2 aromatic carbocycles. The molecular weight excluding hydrogens is 329 g/mol. The molecule has 3 rings (SSSR count). The number of anilines is 3. The Morgan fingerprint density at radius 2 is 2.00 bits per heavy atom. The van der Waals surface area contributed by atoms with E-state index in [1.54, 1.807) is 12.1 Å². The summed E-state index contributed by atoms with van der Waals surface area (Å²) in [5, 5.41) is 3.00. The van der Waals surface area contributed by atoms with Crippen molar-refractivity contribution in [3.05, 3.63) is 53.3 Å². The number of para-hydroxylation sites is 2. The van der Waals surface area contributed by atoms with Crippen LogP contribution in [0, 0.1) is 5.82 Å². The van der Waals surface area contributed by atoms with Gasteiger partial charge in [-0.2, -0.15) is 8.42 Å². The molecule has 1 aliphatic rings. The zero-order chi connectivity index (χ0) is 15.7. The highest BCUT2D eigenvalue weighted by Gasteiger charge is 2.27. The first-order valence-electron chi connectivity index (χ1n) is 6.56. The molecule has 0 aliphatic carbocycles. The van der Waals surface area contributed by atoms with Crippen molar-refractivity contribution in [2.45, 2.75) is 0 Å². The second kappa shape index (κ2) is 5.66. The Hall–Kier alpha value is -1.99. The van der Waals surface area contributed by atoms with Crippen LogP contribution in [0.4, 0.5) is 21.5 Å². The second-order valence-corrected chi connectivity index (χ2v) is 6.75. The lowest BCUT2D eigenvalue weighted by atomic mass is 10.2. The van der Waals surface area contributed by atoms with Gasteiger partial charge in [-0.25, -0.2) is 8.70 Å². The van der Waals surface area contributed by atoms with Crippen molar-refractivity contribution >= 4 is 38.9 Å². The zero-order valence-corrected chi connectivity index (χ0v) is 13.0. The van der Waals surface area contributed by atoms with Gasteiger partial charge >= 0.3 is 10.2 Å². The zero-order valence-electron chi connectivity index (χ0n) is 11.4. The van der Waals surface area contributed by atoms with E-state index in [9.17, 15) is 12.8 Å². The van der Waals surface area contributed by atoms with Gasteiger partial charge in [0.05, 0.1) is 28.6 Å². The topological polar surface area (TPSA) is 61.4 Å². The van der Waals surface area contributed by atoms with Crippen LogP contribution in [0.25, 0.3) is 0 Å². The fourth-order valence-electron chi connectivity index (χ4n) is 2.27. The molecule has 1 heterocycles. The molecule has 5 nitrogen and oxygen atoms in total. The summed E-state index contributed by atoms with van der Waals surface area (Å²) in [4.78, 5) is 0. The fraction of sp³-hybridized carbons (Fsp3) is 0.143. The van der Waals surface area contributed by atoms with Gasteiger partial charge in [0.1, 0.15) is 5.82 Å². The summed E-state index contributed by atoms with van der Waals surface area (Å²) in [5.41, 5.74) is 1.52. The predicted molar refractivity (Wildman–Crippen MR) is 86.2 cm³/mol. The predicted octanol–water partition coefficient (Wildman–Crippen LogP) is 3.07. The van der Waals surface area contributed by atoms with E-state index in [1.165, 1.54) is 16.4 Å². The Bertz CT molecular complexity index is 813. The summed E-state index contributed by atoms with van der Waals surface area (Å²) in [6.07, 6.45) is 0. The van der Waals surface area contributed by atoms with E-state index >= 15 is 0 Å². The molecule has 0 bridgehead atoms. The van der Waals surface area contributed by atoms with E-state index in [0.717, 1.165) is 11.8 Å². The number of nitrogens with zero attached hydrogens (tertiary/aromatic N) is 1. The number of halogens is 2. The van der Waals surface area contributed by atoms with Crippen molar-refractivity contribution in [3.63, 3.8) is 0 Å². The van der Waals surface area contributed by atoms with E-state index < -0.39 is 16.0 Å². The molecule has 2 aromatic rings. The van der Waals surface area contributed by atoms with Gasteiger partial charge in [-0.05, 0) is 30.3 Å². The average Bonchev–Trinajstić information content (AvgIpc) is 2.50. The molecule has 1 aliphatic heterocycles. The molecule has 0 fully saturated rings. The van der Waals surface area contributed by atoms with Gasteiger partial charge in [-0.3, -0.25) is 4.72 Å². The maximum atomic E-state index is 13.2. The smallest absolute Gasteiger partial charge is 0.324 e. The van der Waals surface area contributed by atoms with Crippen molar-refractivity contribution in [1.29, 1.82) is 0 Å². The molecule has 22 heavy (non-hydrogen) atoms. The second-order valence-electron chi connectivity index (χ2n) is 4.75.